The first-order valence-corrected chi connectivity index (χ1v) is 11.7. The van der Waals surface area contributed by atoms with E-state index in [1.165, 1.54) is 18.4 Å². The van der Waals surface area contributed by atoms with Crippen molar-refractivity contribution in [2.45, 2.75) is 0 Å². The third kappa shape index (κ3) is 4.73. The lowest BCUT2D eigenvalue weighted by Crippen LogP contribution is -2.11. The first-order chi connectivity index (χ1) is 15.1. The topological polar surface area (TPSA) is 68.3 Å². The van der Waals surface area contributed by atoms with E-state index in [0.717, 1.165) is 32.4 Å². The molecule has 9 heteroatoms. The lowest BCUT2D eigenvalue weighted by atomic mass is 10.2. The molecule has 158 valence electrons. The van der Waals surface area contributed by atoms with Crippen LogP contribution in [0.25, 0.3) is 10.6 Å². The molecule has 0 spiro atoms. The SMILES string of the molecule is COc1cccc(N=c2scc(-c3cccs3)n2N=Cc2cc(Br)c(O)c(OC)c2)c1. The predicted molar refractivity (Wildman–Crippen MR) is 129 cm³/mol. The van der Waals surface area contributed by atoms with Gasteiger partial charge >= 0.3 is 0 Å². The Bertz CT molecular complexity index is 1290. The van der Waals surface area contributed by atoms with Gasteiger partial charge in [-0.25, -0.2) is 9.67 Å². The lowest BCUT2D eigenvalue weighted by molar-refractivity contribution is 0.372. The van der Waals surface area contributed by atoms with Crippen LogP contribution in [0, 0.1) is 0 Å². The summed E-state index contributed by atoms with van der Waals surface area (Å²) in [5, 5.41) is 18.8. The lowest BCUT2D eigenvalue weighted by Gasteiger charge is -2.06. The number of halogens is 1. The quantitative estimate of drug-likeness (QED) is 0.326. The van der Waals surface area contributed by atoms with E-state index in [-0.39, 0.29) is 5.75 Å². The van der Waals surface area contributed by atoms with Gasteiger partial charge in [0, 0.05) is 11.4 Å². The number of thiophene rings is 1. The van der Waals surface area contributed by atoms with Crippen molar-refractivity contribution in [2.24, 2.45) is 10.1 Å². The minimum absolute atomic E-state index is 0.0517. The van der Waals surface area contributed by atoms with E-state index in [1.54, 1.807) is 36.8 Å². The van der Waals surface area contributed by atoms with Crippen LogP contribution in [0.5, 0.6) is 17.2 Å². The fourth-order valence-corrected chi connectivity index (χ4v) is 4.93. The number of phenols is 1. The molecule has 31 heavy (non-hydrogen) atoms. The first kappa shape index (κ1) is 21.4. The summed E-state index contributed by atoms with van der Waals surface area (Å²) in [6.07, 6.45) is 1.71. The Kier molecular flexibility index (Phi) is 6.55. The highest BCUT2D eigenvalue weighted by atomic mass is 79.9. The minimum Gasteiger partial charge on any atom is -0.503 e. The van der Waals surface area contributed by atoms with Crippen molar-refractivity contribution in [1.29, 1.82) is 0 Å². The van der Waals surface area contributed by atoms with E-state index in [2.05, 4.69) is 15.9 Å². The Balaban J connectivity index is 1.82. The molecular formula is C22H18BrN3O3S2. The number of hydrogen-bond acceptors (Lipinski definition) is 7. The predicted octanol–water partition coefficient (Wildman–Crippen LogP) is 5.88. The Morgan fingerprint density at radius 2 is 1.94 bits per heavy atom. The highest BCUT2D eigenvalue weighted by Crippen LogP contribution is 2.34. The zero-order valence-corrected chi connectivity index (χ0v) is 19.9. The van der Waals surface area contributed by atoms with Gasteiger partial charge in [-0.1, -0.05) is 12.1 Å². The zero-order valence-electron chi connectivity index (χ0n) is 16.7. The normalized spacial score (nSPS) is 11.9. The minimum atomic E-state index is 0.0517. The summed E-state index contributed by atoms with van der Waals surface area (Å²) in [5.41, 5.74) is 2.49. The number of aromatic hydroxyl groups is 1. The highest BCUT2D eigenvalue weighted by molar-refractivity contribution is 9.10. The van der Waals surface area contributed by atoms with Gasteiger partial charge in [0.15, 0.2) is 11.5 Å². The molecule has 0 unspecified atom stereocenters. The summed E-state index contributed by atoms with van der Waals surface area (Å²) in [6, 6.07) is 15.1. The summed E-state index contributed by atoms with van der Waals surface area (Å²) in [5.74, 6) is 1.16. The average Bonchev–Trinajstić information content (AvgIpc) is 3.44. The molecular weight excluding hydrogens is 498 g/mol. The van der Waals surface area contributed by atoms with Crippen LogP contribution in [0.3, 0.4) is 0 Å². The third-order valence-electron chi connectivity index (χ3n) is 4.33. The summed E-state index contributed by atoms with van der Waals surface area (Å²) in [7, 11) is 3.14. The van der Waals surface area contributed by atoms with Crippen LogP contribution in [0.4, 0.5) is 5.69 Å². The summed E-state index contributed by atoms with van der Waals surface area (Å²) in [4.78, 5) is 6.58. The largest absolute Gasteiger partial charge is 0.503 e. The maximum absolute atomic E-state index is 10.1. The molecule has 2 heterocycles. The summed E-state index contributed by atoms with van der Waals surface area (Å²) >= 11 is 6.49. The van der Waals surface area contributed by atoms with Gasteiger partial charge in [0.25, 0.3) is 0 Å². The average molecular weight is 516 g/mol. The number of benzene rings is 2. The van der Waals surface area contributed by atoms with E-state index in [0.29, 0.717) is 10.2 Å². The number of phenolic OH excluding ortho intramolecular Hbond substituents is 1. The fraction of sp³-hybridized carbons (Fsp3) is 0.0909. The molecule has 2 aromatic carbocycles. The Morgan fingerprint density at radius 3 is 2.68 bits per heavy atom. The molecule has 0 saturated carbocycles. The molecule has 0 amide bonds. The van der Waals surface area contributed by atoms with Crippen molar-refractivity contribution in [3.8, 4) is 27.8 Å². The summed E-state index contributed by atoms with van der Waals surface area (Å²) in [6.45, 7) is 0. The van der Waals surface area contributed by atoms with Crippen molar-refractivity contribution in [1.82, 2.24) is 4.68 Å². The molecule has 0 fully saturated rings. The second-order valence-electron chi connectivity index (χ2n) is 6.30. The smallest absolute Gasteiger partial charge is 0.211 e. The van der Waals surface area contributed by atoms with Crippen molar-refractivity contribution in [3.05, 3.63) is 74.1 Å². The van der Waals surface area contributed by atoms with Crippen LogP contribution >= 0.6 is 38.6 Å². The maximum Gasteiger partial charge on any atom is 0.211 e. The fourth-order valence-electron chi connectivity index (χ4n) is 2.82. The standard InChI is InChI=1S/C22H18BrN3O3S2/c1-28-16-6-3-5-15(11-16)25-22-26(18(13-31-22)20-7-4-8-30-20)24-12-14-9-17(23)21(27)19(10-14)29-2/h3-13,27H,1-2H3. The molecule has 0 radical (unpaired) electrons. The molecule has 0 aliphatic heterocycles. The van der Waals surface area contributed by atoms with Crippen LogP contribution < -0.4 is 14.3 Å². The van der Waals surface area contributed by atoms with Crippen LogP contribution in [0.2, 0.25) is 0 Å². The van der Waals surface area contributed by atoms with Crippen LogP contribution in [-0.2, 0) is 0 Å². The van der Waals surface area contributed by atoms with Gasteiger partial charge in [-0.15, -0.1) is 22.7 Å². The van der Waals surface area contributed by atoms with E-state index in [1.807, 2.05) is 51.8 Å². The van der Waals surface area contributed by atoms with E-state index >= 15 is 0 Å². The van der Waals surface area contributed by atoms with Crippen molar-refractivity contribution < 1.29 is 14.6 Å². The van der Waals surface area contributed by atoms with Crippen molar-refractivity contribution >= 4 is 50.5 Å². The van der Waals surface area contributed by atoms with Crippen molar-refractivity contribution in [2.75, 3.05) is 14.2 Å². The van der Waals surface area contributed by atoms with Crippen LogP contribution in [0.1, 0.15) is 5.56 Å². The molecule has 0 atom stereocenters. The van der Waals surface area contributed by atoms with Crippen molar-refractivity contribution in [3.63, 3.8) is 0 Å². The van der Waals surface area contributed by atoms with Gasteiger partial charge in [-0.05, 0) is 57.2 Å². The van der Waals surface area contributed by atoms with Gasteiger partial charge in [-0.3, -0.25) is 0 Å². The van der Waals surface area contributed by atoms with Gasteiger partial charge in [-0.2, -0.15) is 5.10 Å². The molecule has 0 saturated heterocycles. The van der Waals surface area contributed by atoms with E-state index in [9.17, 15) is 5.11 Å². The van der Waals surface area contributed by atoms with Gasteiger partial charge in [0.2, 0.25) is 4.80 Å². The molecule has 0 aliphatic carbocycles. The van der Waals surface area contributed by atoms with E-state index in [4.69, 9.17) is 19.6 Å². The number of hydrogen-bond donors (Lipinski definition) is 1. The van der Waals surface area contributed by atoms with Crippen LogP contribution in [0.15, 0.2) is 73.9 Å². The zero-order chi connectivity index (χ0) is 21.8. The van der Waals surface area contributed by atoms with Crippen LogP contribution in [-0.4, -0.2) is 30.2 Å². The highest BCUT2D eigenvalue weighted by Gasteiger charge is 2.10. The monoisotopic (exact) mass is 515 g/mol. The number of nitrogens with zero attached hydrogens (tertiary/aromatic N) is 3. The third-order valence-corrected chi connectivity index (χ3v) is 6.64. The number of rotatable bonds is 6. The van der Waals surface area contributed by atoms with Gasteiger partial charge in [0.1, 0.15) is 5.75 Å². The number of thiazole rings is 1. The first-order valence-electron chi connectivity index (χ1n) is 9.13. The molecule has 0 aliphatic rings. The maximum atomic E-state index is 10.1. The second kappa shape index (κ2) is 9.51. The Hall–Kier alpha value is -2.88. The molecule has 1 N–H and O–H groups in total. The van der Waals surface area contributed by atoms with Gasteiger partial charge < -0.3 is 14.6 Å². The number of ether oxygens (including phenoxy) is 2. The Morgan fingerprint density at radius 1 is 1.06 bits per heavy atom. The molecule has 0 bridgehead atoms. The van der Waals surface area contributed by atoms with Gasteiger partial charge in [0.05, 0.1) is 41.2 Å². The molecule has 6 nitrogen and oxygen atoms in total. The Labute approximate surface area is 195 Å². The summed E-state index contributed by atoms with van der Waals surface area (Å²) < 4.78 is 12.9. The molecule has 2 aromatic heterocycles. The molecule has 4 aromatic rings. The van der Waals surface area contributed by atoms with E-state index < -0.39 is 0 Å². The number of methoxy groups -OCH3 is 2. The number of aromatic nitrogens is 1. The molecule has 4 rings (SSSR count). The second-order valence-corrected chi connectivity index (χ2v) is 8.94.